The number of H-pyrrole nitrogens is 1. The molecule has 144 valence electrons. The van der Waals surface area contributed by atoms with Gasteiger partial charge in [-0.25, -0.2) is 14.8 Å². The molecule has 1 atom stereocenters. The minimum Gasteiger partial charge on any atom is -0.480 e. The summed E-state index contributed by atoms with van der Waals surface area (Å²) in [7, 11) is 0. The zero-order valence-corrected chi connectivity index (χ0v) is 15.5. The smallest absolute Gasteiger partial charge is 0.328 e. The molecule has 2 N–H and O–H groups in total. The predicted molar refractivity (Wildman–Crippen MR) is 104 cm³/mol. The number of hydrogen-bond acceptors (Lipinski definition) is 5. The van der Waals surface area contributed by atoms with Crippen LogP contribution in [0.4, 0.5) is 5.95 Å². The van der Waals surface area contributed by atoms with E-state index in [-0.39, 0.29) is 18.9 Å². The van der Waals surface area contributed by atoms with Crippen LogP contribution in [-0.2, 0) is 16.0 Å². The summed E-state index contributed by atoms with van der Waals surface area (Å²) in [5.41, 5.74) is 2.82. The van der Waals surface area contributed by atoms with E-state index >= 15 is 0 Å². The number of nitrogens with one attached hydrogen (secondary N) is 1. The molecule has 28 heavy (non-hydrogen) atoms. The van der Waals surface area contributed by atoms with E-state index in [9.17, 15) is 14.7 Å². The minimum atomic E-state index is -1.02. The molecule has 0 bridgehead atoms. The zero-order chi connectivity index (χ0) is 19.7. The Morgan fingerprint density at radius 2 is 1.93 bits per heavy atom. The fourth-order valence-corrected chi connectivity index (χ4v) is 3.74. The van der Waals surface area contributed by atoms with E-state index < -0.39 is 12.0 Å². The van der Waals surface area contributed by atoms with Crippen LogP contribution in [0.25, 0.3) is 10.9 Å². The number of hydrogen-bond donors (Lipinski definition) is 2. The van der Waals surface area contributed by atoms with Gasteiger partial charge in [0.15, 0.2) is 0 Å². The predicted octanol–water partition coefficient (Wildman–Crippen LogP) is 1.61. The van der Waals surface area contributed by atoms with Crippen LogP contribution in [0.3, 0.4) is 0 Å². The second-order valence-corrected chi connectivity index (χ2v) is 6.89. The molecule has 0 saturated carbocycles. The summed E-state index contributed by atoms with van der Waals surface area (Å²) < 4.78 is 0. The number of rotatable bonds is 4. The highest BCUT2D eigenvalue weighted by molar-refractivity contribution is 5.92. The summed E-state index contributed by atoms with van der Waals surface area (Å²) in [6.45, 7) is 2.90. The van der Waals surface area contributed by atoms with E-state index in [1.54, 1.807) is 23.4 Å². The lowest BCUT2D eigenvalue weighted by molar-refractivity contribution is -0.150. The van der Waals surface area contributed by atoms with Gasteiger partial charge in [0.25, 0.3) is 0 Å². The molecule has 4 rings (SSSR count). The molecule has 1 aromatic carbocycles. The highest BCUT2D eigenvalue weighted by Gasteiger charge is 2.36. The number of benzene rings is 1. The molecule has 0 spiro atoms. The van der Waals surface area contributed by atoms with Gasteiger partial charge >= 0.3 is 5.97 Å². The van der Waals surface area contributed by atoms with Gasteiger partial charge in [0.2, 0.25) is 11.9 Å². The Morgan fingerprint density at radius 1 is 1.18 bits per heavy atom. The maximum atomic E-state index is 13.0. The number of para-hydroxylation sites is 1. The number of anilines is 1. The second-order valence-electron chi connectivity index (χ2n) is 6.89. The van der Waals surface area contributed by atoms with Crippen molar-refractivity contribution in [2.45, 2.75) is 19.4 Å². The Balaban J connectivity index is 1.55. The number of amides is 1. The summed E-state index contributed by atoms with van der Waals surface area (Å²) in [5.74, 6) is -0.730. The van der Waals surface area contributed by atoms with Crippen LogP contribution >= 0.6 is 0 Å². The Kier molecular flexibility index (Phi) is 4.68. The maximum Gasteiger partial charge on any atom is 0.328 e. The first-order valence-electron chi connectivity index (χ1n) is 9.15. The fourth-order valence-electron chi connectivity index (χ4n) is 3.74. The van der Waals surface area contributed by atoms with E-state index in [4.69, 9.17) is 0 Å². The van der Waals surface area contributed by atoms with Gasteiger partial charge in [0.1, 0.15) is 6.04 Å². The number of aliphatic carboxylic acids is 1. The summed E-state index contributed by atoms with van der Waals surface area (Å²) in [6.07, 6.45) is 3.41. The number of carboxylic acids is 1. The standard InChI is InChI=1S/C20H21N5O3/c1-13-15(14-5-2-3-6-16(14)23-13)11-18(26)25-10-9-24(12-17(25)19(27)28)20-21-7-4-8-22-20/h2-8,17,23H,9-12H2,1H3,(H,27,28)/t17-/m0/s1. The topological polar surface area (TPSA) is 102 Å². The van der Waals surface area contributed by atoms with Crippen molar-refractivity contribution in [3.8, 4) is 0 Å². The number of nitrogens with zero attached hydrogens (tertiary/aromatic N) is 4. The van der Waals surface area contributed by atoms with Gasteiger partial charge in [-0.3, -0.25) is 4.79 Å². The molecule has 0 aliphatic carbocycles. The largest absolute Gasteiger partial charge is 0.480 e. The van der Waals surface area contributed by atoms with Gasteiger partial charge in [0, 0.05) is 42.1 Å². The number of carboxylic acid groups (broad SMARTS) is 1. The second kappa shape index (κ2) is 7.30. The first-order chi connectivity index (χ1) is 13.5. The zero-order valence-electron chi connectivity index (χ0n) is 15.5. The van der Waals surface area contributed by atoms with Crippen molar-refractivity contribution in [3.05, 3.63) is 54.0 Å². The van der Waals surface area contributed by atoms with Crippen molar-refractivity contribution >= 4 is 28.7 Å². The summed E-state index contributed by atoms with van der Waals surface area (Å²) >= 11 is 0. The van der Waals surface area contributed by atoms with Crippen molar-refractivity contribution in [1.82, 2.24) is 19.9 Å². The number of fused-ring (bicyclic) bond motifs is 1. The first kappa shape index (κ1) is 18.0. The normalized spacial score (nSPS) is 17.1. The molecule has 8 nitrogen and oxygen atoms in total. The third kappa shape index (κ3) is 3.28. The van der Waals surface area contributed by atoms with Crippen molar-refractivity contribution < 1.29 is 14.7 Å². The number of carbonyl (C=O) groups excluding carboxylic acids is 1. The number of aromatic nitrogens is 3. The summed E-state index contributed by atoms with van der Waals surface area (Å²) in [6, 6.07) is 8.59. The SMILES string of the molecule is Cc1[nH]c2ccccc2c1CC(=O)N1CCN(c2ncccn2)C[C@H]1C(=O)O. The van der Waals surface area contributed by atoms with E-state index in [2.05, 4.69) is 15.0 Å². The van der Waals surface area contributed by atoms with Gasteiger partial charge < -0.3 is 19.9 Å². The van der Waals surface area contributed by atoms with E-state index in [1.807, 2.05) is 31.2 Å². The average Bonchev–Trinajstić information content (AvgIpc) is 3.03. The van der Waals surface area contributed by atoms with Crippen LogP contribution in [0, 0.1) is 6.92 Å². The minimum absolute atomic E-state index is 0.165. The third-order valence-corrected chi connectivity index (χ3v) is 5.18. The molecule has 3 aromatic rings. The number of carbonyl (C=O) groups is 2. The lowest BCUT2D eigenvalue weighted by Crippen LogP contribution is -2.59. The molecule has 1 saturated heterocycles. The van der Waals surface area contributed by atoms with Crippen molar-refractivity contribution in [2.75, 3.05) is 24.5 Å². The summed E-state index contributed by atoms with van der Waals surface area (Å²) in [5, 5.41) is 10.7. The molecule has 1 fully saturated rings. The van der Waals surface area contributed by atoms with Crippen LogP contribution < -0.4 is 4.90 Å². The van der Waals surface area contributed by atoms with Crippen LogP contribution in [0.15, 0.2) is 42.7 Å². The quantitative estimate of drug-likeness (QED) is 0.714. The van der Waals surface area contributed by atoms with Gasteiger partial charge in [0.05, 0.1) is 13.0 Å². The van der Waals surface area contributed by atoms with Crippen LogP contribution in [-0.4, -0.2) is 62.5 Å². The van der Waals surface area contributed by atoms with Crippen molar-refractivity contribution in [1.29, 1.82) is 0 Å². The molecule has 1 aliphatic rings. The molecule has 1 aliphatic heterocycles. The Labute approximate surface area is 161 Å². The fraction of sp³-hybridized carbons (Fsp3) is 0.300. The Bertz CT molecular complexity index is 1020. The van der Waals surface area contributed by atoms with E-state index in [0.29, 0.717) is 19.0 Å². The Hall–Kier alpha value is -3.42. The molecule has 0 radical (unpaired) electrons. The number of aromatic amines is 1. The van der Waals surface area contributed by atoms with Gasteiger partial charge in [-0.1, -0.05) is 18.2 Å². The number of aryl methyl sites for hydroxylation is 1. The first-order valence-corrected chi connectivity index (χ1v) is 9.15. The molecule has 1 amide bonds. The van der Waals surface area contributed by atoms with Crippen molar-refractivity contribution in [3.63, 3.8) is 0 Å². The van der Waals surface area contributed by atoms with Crippen molar-refractivity contribution in [2.24, 2.45) is 0 Å². The molecular formula is C20H21N5O3. The van der Waals surface area contributed by atoms with Crippen LogP contribution in [0.2, 0.25) is 0 Å². The van der Waals surface area contributed by atoms with Gasteiger partial charge in [-0.05, 0) is 24.6 Å². The monoisotopic (exact) mass is 379 g/mol. The third-order valence-electron chi connectivity index (χ3n) is 5.18. The Morgan fingerprint density at radius 3 is 2.68 bits per heavy atom. The molecule has 8 heteroatoms. The molecular weight excluding hydrogens is 358 g/mol. The maximum absolute atomic E-state index is 13.0. The van der Waals surface area contributed by atoms with Crippen LogP contribution in [0.1, 0.15) is 11.3 Å². The number of piperazine rings is 1. The lowest BCUT2D eigenvalue weighted by atomic mass is 10.1. The van der Waals surface area contributed by atoms with Gasteiger partial charge in [-0.2, -0.15) is 0 Å². The van der Waals surface area contributed by atoms with E-state index in [0.717, 1.165) is 22.2 Å². The molecule has 0 unspecified atom stereocenters. The molecule has 3 heterocycles. The highest BCUT2D eigenvalue weighted by atomic mass is 16.4. The molecule has 2 aromatic heterocycles. The van der Waals surface area contributed by atoms with Crippen LogP contribution in [0.5, 0.6) is 0 Å². The summed E-state index contributed by atoms with van der Waals surface area (Å²) in [4.78, 5) is 39.8. The average molecular weight is 379 g/mol. The van der Waals surface area contributed by atoms with E-state index in [1.165, 1.54) is 4.90 Å². The van der Waals surface area contributed by atoms with Gasteiger partial charge in [-0.15, -0.1) is 0 Å². The highest BCUT2D eigenvalue weighted by Crippen LogP contribution is 2.24. The lowest BCUT2D eigenvalue weighted by Gasteiger charge is -2.39.